The van der Waals surface area contributed by atoms with E-state index in [1.807, 2.05) is 0 Å². The number of aliphatic hydroxyl groups excluding tert-OH is 1. The molecule has 4 heteroatoms. The van der Waals surface area contributed by atoms with Gasteiger partial charge in [0.2, 0.25) is 0 Å². The molecule has 0 aliphatic carbocycles. The van der Waals surface area contributed by atoms with Gasteiger partial charge in [-0.05, 0) is 46.1 Å². The lowest BCUT2D eigenvalue weighted by atomic mass is 10.2. The number of aromatic nitrogens is 2. The summed E-state index contributed by atoms with van der Waals surface area (Å²) in [5.41, 5.74) is 3.75. The third-order valence-corrected chi connectivity index (χ3v) is 3.29. The number of nitrogens with zero attached hydrogens (tertiary/aromatic N) is 2. The highest BCUT2D eigenvalue weighted by Crippen LogP contribution is 2.13. The molecule has 0 aromatic carbocycles. The van der Waals surface area contributed by atoms with Crippen molar-refractivity contribution in [3.63, 3.8) is 0 Å². The van der Waals surface area contributed by atoms with Crippen LogP contribution in [0.4, 0.5) is 0 Å². The summed E-state index contributed by atoms with van der Waals surface area (Å²) in [6, 6.07) is 0. The van der Waals surface area contributed by atoms with E-state index < -0.39 is 0 Å². The molecule has 104 valence electrons. The van der Waals surface area contributed by atoms with Crippen molar-refractivity contribution in [2.45, 2.75) is 59.5 Å². The Balaban J connectivity index is 2.51. The smallest absolute Gasteiger partial charge is 0.0641 e. The first-order chi connectivity index (χ1) is 8.70. The summed E-state index contributed by atoms with van der Waals surface area (Å²) < 4.78 is 2.11. The highest BCUT2D eigenvalue weighted by atomic mass is 16.2. The molecule has 4 nitrogen and oxygen atoms in total. The van der Waals surface area contributed by atoms with Gasteiger partial charge in [0, 0.05) is 31.0 Å². The Kier molecular flexibility index (Phi) is 6.98. The monoisotopic (exact) mass is 253 g/mol. The van der Waals surface area contributed by atoms with Gasteiger partial charge in [0.05, 0.1) is 5.69 Å². The van der Waals surface area contributed by atoms with Crippen LogP contribution in [0.3, 0.4) is 0 Å². The highest BCUT2D eigenvalue weighted by Gasteiger charge is 2.10. The topological polar surface area (TPSA) is 50.1 Å². The zero-order chi connectivity index (χ0) is 13.4. The molecular formula is C14H27N3O. The SMILES string of the molecule is CCCNCc1c(C)nn(CCCCCO)c1C. The van der Waals surface area contributed by atoms with E-state index in [0.29, 0.717) is 6.61 Å². The molecule has 0 fully saturated rings. The second-order valence-corrected chi connectivity index (χ2v) is 4.83. The number of nitrogens with one attached hydrogen (secondary N) is 1. The van der Waals surface area contributed by atoms with Gasteiger partial charge in [0.15, 0.2) is 0 Å². The zero-order valence-electron chi connectivity index (χ0n) is 12.0. The maximum Gasteiger partial charge on any atom is 0.0641 e. The molecule has 1 aromatic rings. The first kappa shape index (κ1) is 15.2. The molecule has 2 N–H and O–H groups in total. The Bertz CT molecular complexity index is 347. The molecule has 0 saturated heterocycles. The Labute approximate surface area is 110 Å². The van der Waals surface area contributed by atoms with Crippen LogP contribution in [0.1, 0.15) is 49.6 Å². The summed E-state index contributed by atoms with van der Waals surface area (Å²) in [4.78, 5) is 0. The number of aryl methyl sites for hydroxylation is 2. The van der Waals surface area contributed by atoms with Gasteiger partial charge in [-0.25, -0.2) is 0 Å². The van der Waals surface area contributed by atoms with Crippen LogP contribution in [0.2, 0.25) is 0 Å². The Hall–Kier alpha value is -0.870. The molecule has 18 heavy (non-hydrogen) atoms. The van der Waals surface area contributed by atoms with E-state index in [2.05, 4.69) is 35.9 Å². The van der Waals surface area contributed by atoms with Crippen molar-refractivity contribution < 1.29 is 5.11 Å². The molecule has 0 spiro atoms. The molecule has 1 heterocycles. The summed E-state index contributed by atoms with van der Waals surface area (Å²) in [5.74, 6) is 0. The predicted molar refractivity (Wildman–Crippen MR) is 74.6 cm³/mol. The maximum atomic E-state index is 8.76. The van der Waals surface area contributed by atoms with Crippen LogP contribution >= 0.6 is 0 Å². The summed E-state index contributed by atoms with van der Waals surface area (Å²) in [6.07, 6.45) is 4.21. The zero-order valence-corrected chi connectivity index (χ0v) is 12.0. The van der Waals surface area contributed by atoms with Gasteiger partial charge in [-0.1, -0.05) is 6.92 Å². The van der Waals surface area contributed by atoms with Crippen LogP contribution < -0.4 is 5.32 Å². The molecule has 0 atom stereocenters. The van der Waals surface area contributed by atoms with Crippen molar-refractivity contribution in [3.05, 3.63) is 17.0 Å². The third kappa shape index (κ3) is 4.42. The fourth-order valence-electron chi connectivity index (χ4n) is 2.15. The largest absolute Gasteiger partial charge is 0.396 e. The summed E-state index contributed by atoms with van der Waals surface area (Å²) in [5, 5.41) is 16.8. The van der Waals surface area contributed by atoms with E-state index in [1.165, 1.54) is 11.3 Å². The molecular weight excluding hydrogens is 226 g/mol. The van der Waals surface area contributed by atoms with Gasteiger partial charge in [-0.3, -0.25) is 4.68 Å². The first-order valence-electron chi connectivity index (χ1n) is 7.05. The van der Waals surface area contributed by atoms with Crippen molar-refractivity contribution in [1.82, 2.24) is 15.1 Å². The summed E-state index contributed by atoms with van der Waals surface area (Å²) >= 11 is 0. The average molecular weight is 253 g/mol. The van der Waals surface area contributed by atoms with Crippen LogP contribution in [-0.4, -0.2) is 28.0 Å². The van der Waals surface area contributed by atoms with E-state index >= 15 is 0 Å². The molecule has 0 aliphatic rings. The number of hydrogen-bond donors (Lipinski definition) is 2. The minimum Gasteiger partial charge on any atom is -0.396 e. The van der Waals surface area contributed by atoms with Crippen LogP contribution in [-0.2, 0) is 13.1 Å². The van der Waals surface area contributed by atoms with Crippen LogP contribution in [0.5, 0.6) is 0 Å². The minimum absolute atomic E-state index is 0.295. The molecule has 0 amide bonds. The van der Waals surface area contributed by atoms with Crippen LogP contribution in [0, 0.1) is 13.8 Å². The van der Waals surface area contributed by atoms with E-state index in [9.17, 15) is 0 Å². The van der Waals surface area contributed by atoms with Gasteiger partial charge >= 0.3 is 0 Å². The van der Waals surface area contributed by atoms with Gasteiger partial charge < -0.3 is 10.4 Å². The highest BCUT2D eigenvalue weighted by molar-refractivity contribution is 5.24. The van der Waals surface area contributed by atoms with Gasteiger partial charge in [-0.15, -0.1) is 0 Å². The average Bonchev–Trinajstić information content (AvgIpc) is 2.62. The molecule has 0 saturated carbocycles. The van der Waals surface area contributed by atoms with E-state index in [1.54, 1.807) is 0 Å². The molecule has 0 aliphatic heterocycles. The van der Waals surface area contributed by atoms with Gasteiger partial charge in [0.1, 0.15) is 0 Å². The van der Waals surface area contributed by atoms with E-state index in [-0.39, 0.29) is 0 Å². The van der Waals surface area contributed by atoms with E-state index in [0.717, 1.165) is 51.0 Å². The lowest BCUT2D eigenvalue weighted by Crippen LogP contribution is -2.15. The van der Waals surface area contributed by atoms with Crippen LogP contribution in [0.15, 0.2) is 0 Å². The molecule has 0 bridgehead atoms. The Morgan fingerprint density at radius 3 is 2.67 bits per heavy atom. The third-order valence-electron chi connectivity index (χ3n) is 3.29. The molecule has 0 radical (unpaired) electrons. The lowest BCUT2D eigenvalue weighted by Gasteiger charge is -2.06. The second-order valence-electron chi connectivity index (χ2n) is 4.83. The molecule has 1 aromatic heterocycles. The van der Waals surface area contributed by atoms with Crippen molar-refractivity contribution in [3.8, 4) is 0 Å². The number of unbranched alkanes of at least 4 members (excludes halogenated alkanes) is 2. The number of hydrogen-bond acceptors (Lipinski definition) is 3. The van der Waals surface area contributed by atoms with Crippen molar-refractivity contribution in [1.29, 1.82) is 0 Å². The second kappa shape index (κ2) is 8.27. The molecule has 0 unspecified atom stereocenters. The van der Waals surface area contributed by atoms with Crippen LogP contribution in [0.25, 0.3) is 0 Å². The fraction of sp³-hybridized carbons (Fsp3) is 0.786. The van der Waals surface area contributed by atoms with Crippen molar-refractivity contribution in [2.75, 3.05) is 13.2 Å². The quantitative estimate of drug-likeness (QED) is 0.663. The minimum atomic E-state index is 0.295. The Morgan fingerprint density at radius 1 is 1.22 bits per heavy atom. The lowest BCUT2D eigenvalue weighted by molar-refractivity contribution is 0.281. The van der Waals surface area contributed by atoms with Crippen molar-refractivity contribution in [2.24, 2.45) is 0 Å². The van der Waals surface area contributed by atoms with E-state index in [4.69, 9.17) is 5.11 Å². The standard InChI is InChI=1S/C14H27N3O/c1-4-8-15-11-14-12(2)16-17(13(14)3)9-6-5-7-10-18/h15,18H,4-11H2,1-3H3. The number of rotatable bonds is 9. The predicted octanol–water partition coefficient (Wildman–Crippen LogP) is 2.16. The van der Waals surface area contributed by atoms with Crippen molar-refractivity contribution >= 4 is 0 Å². The normalized spacial score (nSPS) is 11.1. The summed E-state index contributed by atoms with van der Waals surface area (Å²) in [6.45, 7) is 9.64. The maximum absolute atomic E-state index is 8.76. The Morgan fingerprint density at radius 2 is 2.00 bits per heavy atom. The summed E-state index contributed by atoms with van der Waals surface area (Å²) in [7, 11) is 0. The van der Waals surface area contributed by atoms with Gasteiger partial charge in [0.25, 0.3) is 0 Å². The fourth-order valence-corrected chi connectivity index (χ4v) is 2.15. The number of aliphatic hydroxyl groups is 1. The molecule has 1 rings (SSSR count). The first-order valence-corrected chi connectivity index (χ1v) is 7.05. The van der Waals surface area contributed by atoms with Gasteiger partial charge in [-0.2, -0.15) is 5.10 Å².